The van der Waals surface area contributed by atoms with Crippen LogP contribution in [0.4, 0.5) is 0 Å². The van der Waals surface area contributed by atoms with Crippen LogP contribution in [0.2, 0.25) is 0 Å². The number of aromatic nitrogens is 4. The SMILES string of the molecule is O=S(=O)(c1ccc(-n2cccn2)cc1)N1CC[C@@H](n2cnc3ccccc32)C1. The summed E-state index contributed by atoms with van der Waals surface area (Å²) in [6.07, 6.45) is 6.09. The molecule has 0 unspecified atom stereocenters. The summed E-state index contributed by atoms with van der Waals surface area (Å²) in [7, 11) is -3.53. The Morgan fingerprint density at radius 3 is 2.61 bits per heavy atom. The Hall–Kier alpha value is -2.97. The zero-order chi connectivity index (χ0) is 19.1. The molecule has 0 spiro atoms. The van der Waals surface area contributed by atoms with Crippen LogP contribution in [0.15, 0.2) is 78.2 Å². The van der Waals surface area contributed by atoms with Gasteiger partial charge in [0, 0.05) is 25.5 Å². The third-order valence-electron chi connectivity index (χ3n) is 5.24. The van der Waals surface area contributed by atoms with Gasteiger partial charge in [-0.2, -0.15) is 9.40 Å². The van der Waals surface area contributed by atoms with Crippen LogP contribution in [0.5, 0.6) is 0 Å². The van der Waals surface area contributed by atoms with Gasteiger partial charge in [-0.1, -0.05) is 12.1 Å². The molecule has 142 valence electrons. The normalized spacial score (nSPS) is 18.1. The van der Waals surface area contributed by atoms with E-state index in [1.165, 1.54) is 0 Å². The van der Waals surface area contributed by atoms with Crippen molar-refractivity contribution in [3.63, 3.8) is 0 Å². The van der Waals surface area contributed by atoms with E-state index < -0.39 is 10.0 Å². The van der Waals surface area contributed by atoms with Gasteiger partial charge in [-0.3, -0.25) is 0 Å². The topological polar surface area (TPSA) is 73.0 Å². The van der Waals surface area contributed by atoms with E-state index in [4.69, 9.17) is 0 Å². The van der Waals surface area contributed by atoms with Crippen molar-refractivity contribution in [2.24, 2.45) is 0 Å². The molecule has 1 saturated heterocycles. The molecule has 1 aliphatic rings. The molecule has 5 rings (SSSR count). The number of nitrogens with zero attached hydrogens (tertiary/aromatic N) is 5. The van der Waals surface area contributed by atoms with Gasteiger partial charge in [0.25, 0.3) is 0 Å². The molecule has 0 amide bonds. The van der Waals surface area contributed by atoms with Crippen LogP contribution in [0, 0.1) is 0 Å². The van der Waals surface area contributed by atoms with E-state index in [0.717, 1.165) is 23.1 Å². The van der Waals surface area contributed by atoms with Gasteiger partial charge in [-0.15, -0.1) is 0 Å². The minimum atomic E-state index is -3.53. The third kappa shape index (κ3) is 2.81. The standard InChI is InChI=1S/C20H19N5O2S/c26-28(27,18-8-6-16(7-9-18)25-12-3-11-22-25)23-13-10-17(14-23)24-15-21-19-4-1-2-5-20(19)24/h1-9,11-12,15,17H,10,13-14H2/t17-/m1/s1. The van der Waals surface area contributed by atoms with Crippen LogP contribution in [-0.4, -0.2) is 45.1 Å². The van der Waals surface area contributed by atoms with Crippen molar-refractivity contribution in [2.75, 3.05) is 13.1 Å². The molecule has 0 N–H and O–H groups in total. The molecule has 7 nitrogen and oxygen atoms in total. The second kappa shape index (κ2) is 6.57. The number of sulfonamides is 1. The molecule has 1 aliphatic heterocycles. The fourth-order valence-electron chi connectivity index (χ4n) is 3.77. The Bertz CT molecular complexity index is 1210. The summed E-state index contributed by atoms with van der Waals surface area (Å²) in [6, 6.07) is 16.7. The first-order chi connectivity index (χ1) is 13.6. The zero-order valence-electron chi connectivity index (χ0n) is 15.1. The molecule has 8 heteroatoms. The molecule has 0 aliphatic carbocycles. The molecule has 28 heavy (non-hydrogen) atoms. The lowest BCUT2D eigenvalue weighted by molar-refractivity contribution is 0.455. The molecule has 4 aromatic rings. The van der Waals surface area contributed by atoms with Crippen molar-refractivity contribution in [1.82, 2.24) is 23.6 Å². The van der Waals surface area contributed by atoms with E-state index in [-0.39, 0.29) is 6.04 Å². The van der Waals surface area contributed by atoms with E-state index in [1.807, 2.05) is 42.9 Å². The number of imidazole rings is 1. The number of para-hydroxylation sites is 2. The molecule has 2 aromatic carbocycles. The van der Waals surface area contributed by atoms with Crippen LogP contribution in [0.3, 0.4) is 0 Å². The first-order valence-corrected chi connectivity index (χ1v) is 10.6. The van der Waals surface area contributed by atoms with Crippen molar-refractivity contribution >= 4 is 21.1 Å². The number of hydrogen-bond donors (Lipinski definition) is 0. The van der Waals surface area contributed by atoms with Crippen LogP contribution in [0.1, 0.15) is 12.5 Å². The Labute approximate surface area is 162 Å². The Balaban J connectivity index is 1.39. The molecule has 0 saturated carbocycles. The molecule has 1 atom stereocenters. The quantitative estimate of drug-likeness (QED) is 0.534. The lowest BCUT2D eigenvalue weighted by atomic mass is 10.2. The molecule has 1 fully saturated rings. The summed E-state index contributed by atoms with van der Waals surface area (Å²) >= 11 is 0. The van der Waals surface area contributed by atoms with Gasteiger partial charge in [-0.25, -0.2) is 18.1 Å². The predicted molar refractivity (Wildman–Crippen MR) is 106 cm³/mol. The van der Waals surface area contributed by atoms with Gasteiger partial charge in [0.15, 0.2) is 0 Å². The van der Waals surface area contributed by atoms with Crippen molar-refractivity contribution in [2.45, 2.75) is 17.4 Å². The minimum Gasteiger partial charge on any atom is -0.326 e. The molecule has 0 radical (unpaired) electrons. The molecular weight excluding hydrogens is 374 g/mol. The number of benzene rings is 2. The van der Waals surface area contributed by atoms with Crippen molar-refractivity contribution < 1.29 is 8.42 Å². The van der Waals surface area contributed by atoms with Gasteiger partial charge in [0.2, 0.25) is 10.0 Å². The first-order valence-electron chi connectivity index (χ1n) is 9.15. The van der Waals surface area contributed by atoms with Gasteiger partial charge in [0.1, 0.15) is 0 Å². The van der Waals surface area contributed by atoms with Crippen LogP contribution >= 0.6 is 0 Å². The second-order valence-electron chi connectivity index (χ2n) is 6.89. The average Bonchev–Trinajstić information content (AvgIpc) is 3.48. The summed E-state index contributed by atoms with van der Waals surface area (Å²) < 4.78 is 31.5. The molecule has 0 bridgehead atoms. The van der Waals surface area contributed by atoms with Crippen molar-refractivity contribution in [3.8, 4) is 5.69 Å². The van der Waals surface area contributed by atoms with Crippen molar-refractivity contribution in [3.05, 3.63) is 73.3 Å². The summed E-state index contributed by atoms with van der Waals surface area (Å²) in [5.41, 5.74) is 2.79. The van der Waals surface area contributed by atoms with Gasteiger partial charge >= 0.3 is 0 Å². The van der Waals surface area contributed by atoms with Crippen molar-refractivity contribution in [1.29, 1.82) is 0 Å². The van der Waals surface area contributed by atoms with E-state index >= 15 is 0 Å². The maximum absolute atomic E-state index is 13.1. The Morgan fingerprint density at radius 2 is 1.82 bits per heavy atom. The average molecular weight is 393 g/mol. The van der Waals surface area contributed by atoms with Gasteiger partial charge in [0.05, 0.1) is 34.0 Å². The number of fused-ring (bicyclic) bond motifs is 1. The van der Waals surface area contributed by atoms with E-state index in [1.54, 1.807) is 39.4 Å². The number of rotatable bonds is 4. The fraction of sp³-hybridized carbons (Fsp3) is 0.200. The summed E-state index contributed by atoms with van der Waals surface area (Å²) in [4.78, 5) is 4.73. The Kier molecular flexibility index (Phi) is 4.03. The largest absolute Gasteiger partial charge is 0.326 e. The first kappa shape index (κ1) is 17.2. The highest BCUT2D eigenvalue weighted by Crippen LogP contribution is 2.30. The fourth-order valence-corrected chi connectivity index (χ4v) is 5.26. The van der Waals surface area contributed by atoms with E-state index in [9.17, 15) is 8.42 Å². The highest BCUT2D eigenvalue weighted by atomic mass is 32.2. The van der Waals surface area contributed by atoms with Crippen LogP contribution in [0.25, 0.3) is 16.7 Å². The molecule has 2 aromatic heterocycles. The van der Waals surface area contributed by atoms with Crippen LogP contribution < -0.4 is 0 Å². The third-order valence-corrected chi connectivity index (χ3v) is 7.12. The lowest BCUT2D eigenvalue weighted by Crippen LogP contribution is -2.29. The summed E-state index contributed by atoms with van der Waals surface area (Å²) in [5, 5.41) is 4.17. The smallest absolute Gasteiger partial charge is 0.243 e. The highest BCUT2D eigenvalue weighted by molar-refractivity contribution is 7.89. The van der Waals surface area contributed by atoms with Gasteiger partial charge in [-0.05, 0) is 48.9 Å². The van der Waals surface area contributed by atoms with Gasteiger partial charge < -0.3 is 4.57 Å². The summed E-state index contributed by atoms with van der Waals surface area (Å²) in [6.45, 7) is 0.948. The minimum absolute atomic E-state index is 0.0884. The number of hydrogen-bond acceptors (Lipinski definition) is 4. The van der Waals surface area contributed by atoms with E-state index in [2.05, 4.69) is 14.6 Å². The van der Waals surface area contributed by atoms with E-state index in [0.29, 0.717) is 18.0 Å². The highest BCUT2D eigenvalue weighted by Gasteiger charge is 2.33. The molecule has 3 heterocycles. The zero-order valence-corrected chi connectivity index (χ0v) is 15.9. The second-order valence-corrected chi connectivity index (χ2v) is 8.83. The maximum Gasteiger partial charge on any atom is 0.243 e. The predicted octanol–water partition coefficient (Wildman–Crippen LogP) is 2.86. The lowest BCUT2D eigenvalue weighted by Gasteiger charge is -2.18. The molecular formula is C20H19N5O2S. The van der Waals surface area contributed by atoms with Crippen LogP contribution in [-0.2, 0) is 10.0 Å². The maximum atomic E-state index is 13.1. The Morgan fingerprint density at radius 1 is 1.00 bits per heavy atom. The summed E-state index contributed by atoms with van der Waals surface area (Å²) in [5.74, 6) is 0. The monoisotopic (exact) mass is 393 g/mol.